The Kier molecular flexibility index (Phi) is 4.14. The second-order valence-electron chi connectivity index (χ2n) is 5.11. The number of benzene rings is 1. The minimum absolute atomic E-state index is 0.196. The van der Waals surface area contributed by atoms with E-state index in [-0.39, 0.29) is 5.95 Å². The van der Waals surface area contributed by atoms with Crippen LogP contribution in [0.1, 0.15) is 36.5 Å². The molecule has 2 aromatic rings. The lowest BCUT2D eigenvalue weighted by atomic mass is 10.0. The summed E-state index contributed by atoms with van der Waals surface area (Å²) in [5.41, 5.74) is 8.43. The monoisotopic (exact) mass is 291 g/mol. The lowest BCUT2D eigenvalue weighted by Gasteiger charge is -2.15. The van der Waals surface area contributed by atoms with Crippen molar-refractivity contribution in [2.45, 2.75) is 33.6 Å². The van der Waals surface area contributed by atoms with Crippen LogP contribution in [0.4, 0.5) is 5.95 Å². The Hall–Kier alpha value is -1.81. The number of nitrogens with two attached hydrogens (primary N) is 1. The number of rotatable bonds is 3. The van der Waals surface area contributed by atoms with Gasteiger partial charge in [-0.25, -0.2) is 4.98 Å². The Bertz CT molecular complexity index is 641. The highest BCUT2D eigenvalue weighted by Gasteiger charge is 2.12. The molecule has 1 heterocycles. The quantitative estimate of drug-likeness (QED) is 0.918. The first-order valence-electron chi connectivity index (χ1n) is 6.45. The lowest BCUT2D eigenvalue weighted by molar-refractivity contribution is 0.454. The average molecular weight is 292 g/mol. The van der Waals surface area contributed by atoms with E-state index in [2.05, 4.69) is 23.8 Å². The van der Waals surface area contributed by atoms with Gasteiger partial charge < -0.3 is 10.5 Å². The van der Waals surface area contributed by atoms with E-state index in [1.54, 1.807) is 6.20 Å². The molecule has 0 saturated heterocycles. The van der Waals surface area contributed by atoms with Crippen LogP contribution in [0.25, 0.3) is 0 Å². The SMILES string of the molecule is Cc1cc(Cl)c(C(C)C)cc1Oc1nc(N)ncc1C. The number of nitrogens with zero attached hydrogens (tertiary/aromatic N) is 2. The molecule has 0 fully saturated rings. The number of halogens is 1. The molecule has 0 amide bonds. The highest BCUT2D eigenvalue weighted by molar-refractivity contribution is 6.31. The lowest BCUT2D eigenvalue weighted by Crippen LogP contribution is -2.00. The minimum Gasteiger partial charge on any atom is -0.438 e. The first-order valence-corrected chi connectivity index (χ1v) is 6.83. The highest BCUT2D eigenvalue weighted by Crippen LogP contribution is 2.34. The number of aromatic nitrogens is 2. The van der Waals surface area contributed by atoms with Gasteiger partial charge in [-0.05, 0) is 43.0 Å². The summed E-state index contributed by atoms with van der Waals surface area (Å²) >= 11 is 6.25. The summed E-state index contributed by atoms with van der Waals surface area (Å²) in [4.78, 5) is 8.05. The Morgan fingerprint density at radius 3 is 2.55 bits per heavy atom. The fourth-order valence-electron chi connectivity index (χ4n) is 1.87. The molecule has 5 heteroatoms. The van der Waals surface area contributed by atoms with Crippen molar-refractivity contribution in [3.05, 3.63) is 40.0 Å². The third kappa shape index (κ3) is 3.02. The smallest absolute Gasteiger partial charge is 0.226 e. The summed E-state index contributed by atoms with van der Waals surface area (Å²) < 4.78 is 5.88. The van der Waals surface area contributed by atoms with Crippen molar-refractivity contribution in [1.82, 2.24) is 9.97 Å². The van der Waals surface area contributed by atoms with Gasteiger partial charge in [0, 0.05) is 16.8 Å². The van der Waals surface area contributed by atoms with Crippen LogP contribution in [0.2, 0.25) is 5.02 Å². The fourth-order valence-corrected chi connectivity index (χ4v) is 2.30. The van der Waals surface area contributed by atoms with Gasteiger partial charge in [0.2, 0.25) is 11.8 Å². The Morgan fingerprint density at radius 2 is 1.90 bits per heavy atom. The van der Waals surface area contributed by atoms with Gasteiger partial charge in [0.25, 0.3) is 0 Å². The van der Waals surface area contributed by atoms with Crippen LogP contribution in [-0.4, -0.2) is 9.97 Å². The van der Waals surface area contributed by atoms with Gasteiger partial charge in [-0.1, -0.05) is 25.4 Å². The van der Waals surface area contributed by atoms with Crippen LogP contribution in [0, 0.1) is 13.8 Å². The molecule has 2 N–H and O–H groups in total. The van der Waals surface area contributed by atoms with Crippen molar-refractivity contribution >= 4 is 17.5 Å². The molecule has 0 aliphatic rings. The molecule has 1 aromatic carbocycles. The summed E-state index contributed by atoms with van der Waals surface area (Å²) in [5, 5.41) is 0.753. The number of aryl methyl sites for hydroxylation is 2. The van der Waals surface area contributed by atoms with E-state index in [9.17, 15) is 0 Å². The van der Waals surface area contributed by atoms with Crippen LogP contribution >= 0.6 is 11.6 Å². The van der Waals surface area contributed by atoms with E-state index < -0.39 is 0 Å². The van der Waals surface area contributed by atoms with Crippen LogP contribution < -0.4 is 10.5 Å². The van der Waals surface area contributed by atoms with Gasteiger partial charge in [0.05, 0.1) is 0 Å². The zero-order valence-electron chi connectivity index (χ0n) is 12.1. The zero-order chi connectivity index (χ0) is 14.9. The topological polar surface area (TPSA) is 61.0 Å². The standard InChI is InChI=1S/C15H18ClN3O/c1-8(2)11-6-13(9(3)5-12(11)16)20-14-10(4)7-18-15(17)19-14/h5-8H,1-4H3,(H2,17,18,19). The molecule has 20 heavy (non-hydrogen) atoms. The number of ether oxygens (including phenoxy) is 1. The second-order valence-corrected chi connectivity index (χ2v) is 5.52. The molecule has 0 aliphatic carbocycles. The van der Waals surface area contributed by atoms with Gasteiger partial charge in [0.15, 0.2) is 0 Å². The molecule has 106 valence electrons. The van der Waals surface area contributed by atoms with Crippen LogP contribution in [-0.2, 0) is 0 Å². The third-order valence-corrected chi connectivity index (χ3v) is 3.39. The molecule has 1 aromatic heterocycles. The normalized spacial score (nSPS) is 10.9. The first kappa shape index (κ1) is 14.6. The summed E-state index contributed by atoms with van der Waals surface area (Å²) in [6.07, 6.45) is 1.65. The van der Waals surface area contributed by atoms with Crippen molar-refractivity contribution in [2.75, 3.05) is 5.73 Å². The predicted molar refractivity (Wildman–Crippen MR) is 81.5 cm³/mol. The predicted octanol–water partition coefficient (Wildman–Crippen LogP) is 4.24. The Morgan fingerprint density at radius 1 is 1.20 bits per heavy atom. The van der Waals surface area contributed by atoms with Gasteiger partial charge in [-0.2, -0.15) is 4.98 Å². The molecule has 4 nitrogen and oxygen atoms in total. The van der Waals surface area contributed by atoms with E-state index in [1.165, 1.54) is 0 Å². The maximum atomic E-state index is 6.25. The van der Waals surface area contributed by atoms with E-state index in [1.807, 2.05) is 26.0 Å². The van der Waals surface area contributed by atoms with Crippen LogP contribution in [0.5, 0.6) is 11.6 Å². The number of anilines is 1. The molecular formula is C15H18ClN3O. The minimum atomic E-state index is 0.196. The van der Waals surface area contributed by atoms with Gasteiger partial charge in [-0.15, -0.1) is 0 Å². The van der Waals surface area contributed by atoms with Gasteiger partial charge in [0.1, 0.15) is 5.75 Å². The third-order valence-electron chi connectivity index (χ3n) is 3.07. The summed E-state index contributed by atoms with van der Waals surface area (Å²) in [6.45, 7) is 8.01. The summed E-state index contributed by atoms with van der Waals surface area (Å²) in [5.74, 6) is 1.72. The summed E-state index contributed by atoms with van der Waals surface area (Å²) in [7, 11) is 0. The maximum absolute atomic E-state index is 6.25. The largest absolute Gasteiger partial charge is 0.438 e. The molecule has 0 unspecified atom stereocenters. The Balaban J connectivity index is 2.43. The number of hydrogen-bond acceptors (Lipinski definition) is 4. The van der Waals surface area contributed by atoms with Crippen molar-refractivity contribution < 1.29 is 4.74 Å². The van der Waals surface area contributed by atoms with Crippen LogP contribution in [0.3, 0.4) is 0 Å². The molecule has 0 radical (unpaired) electrons. The summed E-state index contributed by atoms with van der Waals surface area (Å²) in [6, 6.07) is 3.87. The Labute approximate surface area is 124 Å². The van der Waals surface area contributed by atoms with Crippen molar-refractivity contribution in [3.63, 3.8) is 0 Å². The fraction of sp³-hybridized carbons (Fsp3) is 0.333. The molecule has 0 spiro atoms. The maximum Gasteiger partial charge on any atom is 0.226 e. The molecule has 2 rings (SSSR count). The number of nitrogen functional groups attached to an aromatic ring is 1. The second kappa shape index (κ2) is 5.67. The molecule has 0 aliphatic heterocycles. The van der Waals surface area contributed by atoms with Crippen molar-refractivity contribution in [3.8, 4) is 11.6 Å². The number of hydrogen-bond donors (Lipinski definition) is 1. The van der Waals surface area contributed by atoms with Gasteiger partial charge >= 0.3 is 0 Å². The molecule has 0 atom stereocenters. The van der Waals surface area contributed by atoms with E-state index >= 15 is 0 Å². The average Bonchev–Trinajstić information content (AvgIpc) is 2.36. The van der Waals surface area contributed by atoms with Gasteiger partial charge in [-0.3, -0.25) is 0 Å². The van der Waals surface area contributed by atoms with E-state index in [4.69, 9.17) is 22.1 Å². The zero-order valence-corrected chi connectivity index (χ0v) is 12.8. The molecule has 0 saturated carbocycles. The molecule has 0 bridgehead atoms. The highest BCUT2D eigenvalue weighted by atomic mass is 35.5. The van der Waals surface area contributed by atoms with E-state index in [0.717, 1.165) is 27.5 Å². The van der Waals surface area contributed by atoms with Crippen molar-refractivity contribution in [1.29, 1.82) is 0 Å². The van der Waals surface area contributed by atoms with Crippen LogP contribution in [0.15, 0.2) is 18.3 Å². The molecular weight excluding hydrogens is 274 g/mol. The van der Waals surface area contributed by atoms with E-state index in [0.29, 0.717) is 11.8 Å². The first-order chi connectivity index (χ1) is 9.38. The van der Waals surface area contributed by atoms with Crippen molar-refractivity contribution in [2.24, 2.45) is 0 Å².